The Labute approximate surface area is 183 Å². The van der Waals surface area contributed by atoms with Gasteiger partial charge in [0.25, 0.3) is 5.91 Å². The van der Waals surface area contributed by atoms with Crippen LogP contribution in [0.1, 0.15) is 37.7 Å². The number of hydrogen-bond donors (Lipinski definition) is 2. The third-order valence-electron chi connectivity index (χ3n) is 5.43. The monoisotopic (exact) mass is 450 g/mol. The van der Waals surface area contributed by atoms with Gasteiger partial charge in [-0.3, -0.25) is 9.59 Å². The van der Waals surface area contributed by atoms with Gasteiger partial charge < -0.3 is 19.8 Å². The van der Waals surface area contributed by atoms with Gasteiger partial charge in [0.15, 0.2) is 5.78 Å². The van der Waals surface area contributed by atoms with E-state index in [1.165, 1.54) is 23.0 Å². The molecule has 3 aromatic heterocycles. The van der Waals surface area contributed by atoms with Gasteiger partial charge in [-0.05, 0) is 29.1 Å². The summed E-state index contributed by atoms with van der Waals surface area (Å²) >= 11 is 1.14. The number of aromatic carboxylic acids is 1. The number of halogens is 1. The van der Waals surface area contributed by atoms with E-state index in [1.807, 2.05) is 0 Å². The van der Waals surface area contributed by atoms with E-state index in [0.717, 1.165) is 11.3 Å². The molecular weight excluding hydrogens is 435 g/mol. The second-order valence-electron chi connectivity index (χ2n) is 7.35. The molecule has 1 aromatic carbocycles. The van der Waals surface area contributed by atoms with Crippen molar-refractivity contribution in [2.75, 3.05) is 0 Å². The summed E-state index contributed by atoms with van der Waals surface area (Å²) in [6.07, 6.45) is 6.39. The van der Waals surface area contributed by atoms with Gasteiger partial charge in [0, 0.05) is 24.1 Å². The van der Waals surface area contributed by atoms with Crippen LogP contribution in [-0.4, -0.2) is 27.3 Å². The minimum Gasteiger partial charge on any atom is -0.477 e. The largest absolute Gasteiger partial charge is 0.477 e. The predicted molar refractivity (Wildman–Crippen MR) is 117 cm³/mol. The number of carboxylic acid groups (broad SMARTS) is 1. The van der Waals surface area contributed by atoms with Crippen molar-refractivity contribution in [1.29, 1.82) is 0 Å². The van der Waals surface area contributed by atoms with Crippen LogP contribution < -0.4 is 5.73 Å². The van der Waals surface area contributed by atoms with Gasteiger partial charge in [0.2, 0.25) is 0 Å². The molecular formula is C23H15FN2O5S. The number of hydrogen-bond acceptors (Lipinski definition) is 5. The van der Waals surface area contributed by atoms with Crippen molar-refractivity contribution >= 4 is 56.4 Å². The molecule has 0 fully saturated rings. The Balaban J connectivity index is 1.87. The highest BCUT2D eigenvalue weighted by molar-refractivity contribution is 7.12. The van der Waals surface area contributed by atoms with Gasteiger partial charge in [-0.2, -0.15) is 0 Å². The van der Waals surface area contributed by atoms with Crippen LogP contribution in [0.15, 0.2) is 52.5 Å². The molecule has 0 unspecified atom stereocenters. The van der Waals surface area contributed by atoms with Crippen LogP contribution in [0.2, 0.25) is 0 Å². The van der Waals surface area contributed by atoms with E-state index in [1.54, 1.807) is 29.7 Å². The molecule has 0 atom stereocenters. The lowest BCUT2D eigenvalue weighted by atomic mass is 9.93. The summed E-state index contributed by atoms with van der Waals surface area (Å²) in [6, 6.07) is 4.27. The maximum Gasteiger partial charge on any atom is 0.353 e. The van der Waals surface area contributed by atoms with Gasteiger partial charge in [0.1, 0.15) is 17.1 Å². The number of furan rings is 1. The Morgan fingerprint density at radius 3 is 2.81 bits per heavy atom. The molecule has 3 heterocycles. The lowest BCUT2D eigenvalue weighted by molar-refractivity contribution is -0.113. The number of nitrogens with zero attached hydrogens (tertiary/aromatic N) is 1. The van der Waals surface area contributed by atoms with E-state index in [0.29, 0.717) is 15.8 Å². The van der Waals surface area contributed by atoms with Crippen molar-refractivity contribution in [2.24, 2.45) is 5.73 Å². The van der Waals surface area contributed by atoms with E-state index >= 15 is 0 Å². The Morgan fingerprint density at radius 2 is 2.12 bits per heavy atom. The fourth-order valence-corrected chi connectivity index (χ4v) is 4.85. The van der Waals surface area contributed by atoms with Gasteiger partial charge >= 0.3 is 5.97 Å². The molecule has 1 aliphatic rings. The SMILES string of the molecule is NC(=O)c1cc(Cn2c(C(=O)O)c(C3=CC=CCC3=O)c3c4occc4c(F)cc32)cs1. The van der Waals surface area contributed by atoms with Gasteiger partial charge in [-0.25, -0.2) is 9.18 Å². The normalized spacial score (nSPS) is 13.8. The summed E-state index contributed by atoms with van der Waals surface area (Å²) < 4.78 is 21.8. The molecule has 9 heteroatoms. The number of Topliss-reactive ketones (excluding diaryl/α,β-unsaturated/α-hetero) is 1. The first kappa shape index (κ1) is 20.0. The number of fused-ring (bicyclic) bond motifs is 3. The van der Waals surface area contributed by atoms with Crippen LogP contribution in [0.3, 0.4) is 0 Å². The van der Waals surface area contributed by atoms with Crippen molar-refractivity contribution in [3.8, 4) is 0 Å². The Kier molecular flexibility index (Phi) is 4.56. The average Bonchev–Trinajstić information content (AvgIpc) is 3.47. The Morgan fingerprint density at radius 1 is 1.31 bits per heavy atom. The molecule has 0 saturated heterocycles. The number of thiophene rings is 1. The van der Waals surface area contributed by atoms with Crippen LogP contribution >= 0.6 is 11.3 Å². The fraction of sp³-hybridized carbons (Fsp3) is 0.0870. The van der Waals surface area contributed by atoms with Crippen LogP contribution in [0.4, 0.5) is 4.39 Å². The maximum absolute atomic E-state index is 14.9. The highest BCUT2D eigenvalue weighted by atomic mass is 32.1. The summed E-state index contributed by atoms with van der Waals surface area (Å²) in [5, 5.41) is 12.4. The molecule has 160 valence electrons. The standard InChI is InChI=1S/C23H15FN2O5S/c24-14-8-15-19(21-12(14)5-6-31-21)18(13-3-1-2-4-16(13)27)20(23(29)30)26(15)9-11-7-17(22(25)28)32-10-11/h1-3,5-8,10H,4,9H2,(H2,25,28)(H,29,30). The van der Waals surface area contributed by atoms with E-state index in [4.69, 9.17) is 10.2 Å². The zero-order chi connectivity index (χ0) is 22.6. The number of benzene rings is 1. The zero-order valence-corrected chi connectivity index (χ0v) is 17.2. The summed E-state index contributed by atoms with van der Waals surface area (Å²) in [6.45, 7) is 0.0326. The molecule has 1 aliphatic carbocycles. The van der Waals surface area contributed by atoms with E-state index in [-0.39, 0.29) is 52.1 Å². The Hall–Kier alpha value is -3.98. The minimum atomic E-state index is -1.27. The van der Waals surface area contributed by atoms with E-state index in [9.17, 15) is 23.9 Å². The highest BCUT2D eigenvalue weighted by Gasteiger charge is 2.31. The first-order valence-electron chi connectivity index (χ1n) is 9.59. The fourth-order valence-electron chi connectivity index (χ4n) is 4.09. The minimum absolute atomic E-state index is 0.0326. The molecule has 3 N–H and O–H groups in total. The third-order valence-corrected chi connectivity index (χ3v) is 6.42. The molecule has 1 amide bonds. The molecule has 7 nitrogen and oxygen atoms in total. The number of allylic oxidation sites excluding steroid dienone is 4. The number of ketones is 1. The smallest absolute Gasteiger partial charge is 0.353 e. The second kappa shape index (κ2) is 7.31. The highest BCUT2D eigenvalue weighted by Crippen LogP contribution is 2.40. The van der Waals surface area contributed by atoms with Crippen LogP contribution in [0, 0.1) is 5.82 Å². The molecule has 32 heavy (non-hydrogen) atoms. The van der Waals surface area contributed by atoms with Gasteiger partial charge in [0.05, 0.1) is 27.4 Å². The number of carbonyl (C=O) groups is 3. The van der Waals surface area contributed by atoms with Crippen LogP contribution in [0.5, 0.6) is 0 Å². The number of nitrogens with two attached hydrogens (primary N) is 1. The van der Waals surface area contributed by atoms with Crippen LogP contribution in [-0.2, 0) is 11.3 Å². The van der Waals surface area contributed by atoms with Crippen molar-refractivity contribution in [1.82, 2.24) is 4.57 Å². The molecule has 0 saturated carbocycles. The lowest BCUT2D eigenvalue weighted by Crippen LogP contribution is -2.13. The first-order chi connectivity index (χ1) is 15.4. The van der Waals surface area contributed by atoms with Crippen molar-refractivity contribution in [2.45, 2.75) is 13.0 Å². The maximum atomic E-state index is 14.9. The van der Waals surface area contributed by atoms with E-state index < -0.39 is 17.7 Å². The van der Waals surface area contributed by atoms with Gasteiger partial charge in [-0.15, -0.1) is 11.3 Å². The number of carbonyl (C=O) groups excluding carboxylic acids is 2. The molecule has 0 radical (unpaired) electrons. The molecule has 0 bridgehead atoms. The zero-order valence-electron chi connectivity index (χ0n) is 16.4. The van der Waals surface area contributed by atoms with Gasteiger partial charge in [-0.1, -0.05) is 18.2 Å². The van der Waals surface area contributed by atoms with E-state index in [2.05, 4.69) is 0 Å². The van der Waals surface area contributed by atoms with Crippen molar-refractivity contribution in [3.05, 3.63) is 75.6 Å². The molecule has 0 aliphatic heterocycles. The topological polar surface area (TPSA) is 116 Å². The summed E-state index contributed by atoms with van der Waals surface area (Å²) in [5.41, 5.74) is 6.65. The molecule has 5 rings (SSSR count). The first-order valence-corrected chi connectivity index (χ1v) is 10.5. The Bertz CT molecular complexity index is 1520. The third kappa shape index (κ3) is 2.97. The lowest BCUT2D eigenvalue weighted by Gasteiger charge is -2.11. The van der Waals surface area contributed by atoms with Crippen molar-refractivity contribution < 1.29 is 28.3 Å². The predicted octanol–water partition coefficient (Wildman–Crippen LogP) is 4.35. The number of carboxylic acids is 1. The summed E-state index contributed by atoms with van der Waals surface area (Å²) in [5.74, 6) is -2.68. The quantitative estimate of drug-likeness (QED) is 0.469. The van der Waals surface area contributed by atoms with Crippen LogP contribution in [0.25, 0.3) is 27.4 Å². The molecule has 4 aromatic rings. The molecule has 0 spiro atoms. The number of primary amides is 1. The average molecular weight is 450 g/mol. The summed E-state index contributed by atoms with van der Waals surface area (Å²) in [4.78, 5) is 37.0. The summed E-state index contributed by atoms with van der Waals surface area (Å²) in [7, 11) is 0. The number of aromatic nitrogens is 1. The number of rotatable bonds is 5. The van der Waals surface area contributed by atoms with Crippen molar-refractivity contribution in [3.63, 3.8) is 0 Å². The second-order valence-corrected chi connectivity index (χ2v) is 8.26. The number of amides is 1.